The zero-order chi connectivity index (χ0) is 36.1. The van der Waals surface area contributed by atoms with Crippen LogP contribution in [0.4, 0.5) is 17.6 Å². The van der Waals surface area contributed by atoms with Gasteiger partial charge in [-0.3, -0.25) is 0 Å². The van der Waals surface area contributed by atoms with Crippen LogP contribution in [0, 0.1) is 0 Å². The normalized spacial score (nSPS) is 10.8. The largest absolute Gasteiger partial charge is 0.457 e. The molecule has 0 bridgehead atoms. The molecule has 48 heavy (non-hydrogen) atoms. The summed E-state index contributed by atoms with van der Waals surface area (Å²) in [6.07, 6.45) is -7.58. The number of rotatable bonds is 12. The first-order valence-electron chi connectivity index (χ1n) is 15.3. The van der Waals surface area contributed by atoms with Gasteiger partial charge in [0, 0.05) is 21.9 Å². The highest BCUT2D eigenvalue weighted by Crippen LogP contribution is 2.41. The molecular formula is C38H40F4O6. The zero-order valence-corrected chi connectivity index (χ0v) is 27.9. The Kier molecular flexibility index (Phi) is 14.4. The van der Waals surface area contributed by atoms with Crippen LogP contribution in [0.25, 0.3) is 10.8 Å². The molecule has 0 N–H and O–H groups in total. The minimum atomic E-state index is -3.79. The van der Waals surface area contributed by atoms with Crippen LogP contribution in [0.1, 0.15) is 63.8 Å². The highest BCUT2D eigenvalue weighted by atomic mass is 19.3. The Morgan fingerprint density at radius 1 is 0.562 bits per heavy atom. The highest BCUT2D eigenvalue weighted by Gasteiger charge is 2.37. The van der Waals surface area contributed by atoms with Crippen LogP contribution < -0.4 is 9.47 Å². The van der Waals surface area contributed by atoms with Crippen molar-refractivity contribution >= 4 is 22.7 Å². The van der Waals surface area contributed by atoms with Crippen molar-refractivity contribution in [1.29, 1.82) is 0 Å². The Morgan fingerprint density at radius 2 is 0.875 bits per heavy atom. The molecule has 4 rings (SSSR count). The van der Waals surface area contributed by atoms with Gasteiger partial charge in [0.05, 0.1) is 11.1 Å². The maximum atomic E-state index is 15.2. The van der Waals surface area contributed by atoms with Crippen LogP contribution in [-0.4, -0.2) is 11.9 Å². The van der Waals surface area contributed by atoms with E-state index in [-0.39, 0.29) is 46.6 Å². The third kappa shape index (κ3) is 10.4. The average molecular weight is 669 g/mol. The molecule has 0 aliphatic carbocycles. The fourth-order valence-corrected chi connectivity index (χ4v) is 3.95. The van der Waals surface area contributed by atoms with E-state index >= 15 is 17.6 Å². The van der Waals surface area contributed by atoms with Crippen molar-refractivity contribution in [1.82, 2.24) is 0 Å². The molecule has 10 heteroatoms. The van der Waals surface area contributed by atoms with Crippen LogP contribution >= 0.6 is 0 Å². The van der Waals surface area contributed by atoms with Crippen molar-refractivity contribution in [2.45, 2.75) is 67.0 Å². The van der Waals surface area contributed by atoms with Crippen LogP contribution in [0.3, 0.4) is 0 Å². The van der Waals surface area contributed by atoms with Crippen LogP contribution in [0.15, 0.2) is 109 Å². The van der Waals surface area contributed by atoms with E-state index in [1.165, 1.54) is 50.2 Å². The van der Waals surface area contributed by atoms with Crippen molar-refractivity contribution in [3.8, 4) is 11.5 Å². The zero-order valence-electron chi connectivity index (χ0n) is 27.9. The molecular weight excluding hydrogens is 628 g/mol. The van der Waals surface area contributed by atoms with Gasteiger partial charge in [0.1, 0.15) is 24.7 Å². The summed E-state index contributed by atoms with van der Waals surface area (Å²) in [6, 6.07) is 18.3. The lowest BCUT2D eigenvalue weighted by molar-refractivity contribution is -0.186. The summed E-state index contributed by atoms with van der Waals surface area (Å²) < 4.78 is 81.0. The molecule has 4 aromatic carbocycles. The standard InChI is InChI=1S/C34H28F4O6.2C2H6/c1-21(2)31(39)41-19-23-9-13-25(14-10-23)33(35,36)43-29-17-18-30(28-8-6-5-7-27(28)29)44-34(37,38)26-15-11-24(12-16-26)20-42-32(40)22(3)4;2*1-2/h5-18H,1,3,19-20H2,2,4H3;2*1-2H3. The fraction of sp³-hybridized carbons (Fsp3) is 0.263. The van der Waals surface area contributed by atoms with Gasteiger partial charge in [-0.05, 0) is 61.4 Å². The van der Waals surface area contributed by atoms with E-state index in [0.717, 1.165) is 36.4 Å². The second-order valence-electron chi connectivity index (χ2n) is 9.95. The second-order valence-corrected chi connectivity index (χ2v) is 9.95. The lowest BCUT2D eigenvalue weighted by Crippen LogP contribution is -2.23. The topological polar surface area (TPSA) is 71.1 Å². The van der Waals surface area contributed by atoms with E-state index in [1.54, 1.807) is 12.1 Å². The Hall–Kier alpha value is -5.12. The minimum Gasteiger partial charge on any atom is -0.457 e. The monoisotopic (exact) mass is 668 g/mol. The van der Waals surface area contributed by atoms with Gasteiger partial charge in [-0.25, -0.2) is 9.59 Å². The number of fused-ring (bicyclic) bond motifs is 1. The number of benzene rings is 4. The molecule has 0 aliphatic rings. The molecule has 0 aromatic heterocycles. The molecule has 6 nitrogen and oxygen atoms in total. The minimum absolute atomic E-state index is 0.121. The molecule has 256 valence electrons. The van der Waals surface area contributed by atoms with Gasteiger partial charge >= 0.3 is 24.2 Å². The number of carbonyl (C=O) groups excluding carboxylic acids is 2. The first-order valence-corrected chi connectivity index (χ1v) is 15.3. The Bertz CT molecular complexity index is 1570. The number of hydrogen-bond acceptors (Lipinski definition) is 6. The number of esters is 2. The number of hydrogen-bond donors (Lipinski definition) is 0. The summed E-state index contributed by atoms with van der Waals surface area (Å²) in [7, 11) is 0. The van der Waals surface area contributed by atoms with E-state index in [2.05, 4.69) is 13.2 Å². The van der Waals surface area contributed by atoms with E-state index in [1.807, 2.05) is 27.7 Å². The third-order valence-electron chi connectivity index (χ3n) is 6.34. The summed E-state index contributed by atoms with van der Waals surface area (Å²) in [5.74, 6) is -1.71. The molecule has 0 amide bonds. The first kappa shape index (κ1) is 39.1. The average Bonchev–Trinajstić information content (AvgIpc) is 3.09. The maximum Gasteiger partial charge on any atom is 0.426 e. The van der Waals surface area contributed by atoms with Crippen molar-refractivity contribution in [2.24, 2.45) is 0 Å². The van der Waals surface area contributed by atoms with Crippen molar-refractivity contribution in [2.75, 3.05) is 0 Å². The predicted molar refractivity (Wildman–Crippen MR) is 178 cm³/mol. The van der Waals surface area contributed by atoms with Crippen LogP contribution in [-0.2, 0) is 44.5 Å². The summed E-state index contributed by atoms with van der Waals surface area (Å²) in [4.78, 5) is 23.1. The van der Waals surface area contributed by atoms with E-state index in [4.69, 9.17) is 18.9 Å². The summed E-state index contributed by atoms with van der Waals surface area (Å²) >= 11 is 0. The van der Waals surface area contributed by atoms with E-state index < -0.39 is 35.3 Å². The molecule has 0 heterocycles. The Labute approximate surface area is 278 Å². The molecule has 0 saturated carbocycles. The molecule has 0 aliphatic heterocycles. The van der Waals surface area contributed by atoms with Crippen molar-refractivity contribution in [3.05, 3.63) is 131 Å². The maximum absolute atomic E-state index is 15.2. The third-order valence-corrected chi connectivity index (χ3v) is 6.34. The lowest BCUT2D eigenvalue weighted by atomic mass is 10.1. The van der Waals surface area contributed by atoms with Crippen molar-refractivity contribution in [3.63, 3.8) is 0 Å². The smallest absolute Gasteiger partial charge is 0.426 e. The van der Waals surface area contributed by atoms with Gasteiger partial charge in [0.2, 0.25) is 0 Å². The number of carbonyl (C=O) groups is 2. The lowest BCUT2D eigenvalue weighted by Gasteiger charge is -2.22. The SMILES string of the molecule is C=C(C)C(=O)OCc1ccc(C(F)(F)Oc2ccc(OC(F)(F)c3ccc(COC(=O)C(=C)C)cc3)c3ccccc23)cc1.CC.CC. The molecule has 0 atom stereocenters. The Morgan fingerprint density at radius 3 is 1.17 bits per heavy atom. The second kappa shape index (κ2) is 17.7. The van der Waals surface area contributed by atoms with E-state index in [0.29, 0.717) is 11.1 Å². The van der Waals surface area contributed by atoms with Gasteiger partial charge in [-0.2, -0.15) is 17.6 Å². The number of alkyl halides is 4. The molecule has 0 fully saturated rings. The van der Waals surface area contributed by atoms with Gasteiger partial charge in [0.15, 0.2) is 0 Å². The first-order chi connectivity index (χ1) is 22.8. The quantitative estimate of drug-likeness (QED) is 0.0850. The van der Waals surface area contributed by atoms with Gasteiger partial charge in [-0.1, -0.05) is 89.4 Å². The summed E-state index contributed by atoms with van der Waals surface area (Å²) in [5.41, 5.74) is 0.440. The highest BCUT2D eigenvalue weighted by molar-refractivity contribution is 5.93. The number of halogens is 4. The molecule has 0 spiro atoms. The van der Waals surface area contributed by atoms with Gasteiger partial charge in [-0.15, -0.1) is 0 Å². The molecule has 0 unspecified atom stereocenters. The predicted octanol–water partition coefficient (Wildman–Crippen LogP) is 10.4. The van der Waals surface area contributed by atoms with Gasteiger partial charge < -0.3 is 18.9 Å². The summed E-state index contributed by atoms with van der Waals surface area (Å²) in [5, 5.41) is 0.247. The van der Waals surface area contributed by atoms with Crippen molar-refractivity contribution < 1.29 is 46.1 Å². The number of ether oxygens (including phenoxy) is 4. The van der Waals surface area contributed by atoms with Gasteiger partial charge in [0.25, 0.3) is 0 Å². The molecule has 0 radical (unpaired) electrons. The van der Waals surface area contributed by atoms with Crippen LogP contribution in [0.2, 0.25) is 0 Å². The van der Waals surface area contributed by atoms with Crippen LogP contribution in [0.5, 0.6) is 11.5 Å². The van der Waals surface area contributed by atoms with E-state index in [9.17, 15) is 9.59 Å². The fourth-order valence-electron chi connectivity index (χ4n) is 3.95. The molecule has 0 saturated heterocycles. The summed E-state index contributed by atoms with van der Waals surface area (Å²) in [6.45, 7) is 17.7. The molecule has 4 aromatic rings. The Balaban J connectivity index is 0.00000193.